The van der Waals surface area contributed by atoms with Crippen LogP contribution >= 0.6 is 15.9 Å². The van der Waals surface area contributed by atoms with E-state index in [1.165, 1.54) is 12.1 Å². The molecule has 2 nitrogen and oxygen atoms in total. The van der Waals surface area contributed by atoms with Crippen molar-refractivity contribution in [3.8, 4) is 6.07 Å². The number of ketones is 1. The minimum absolute atomic E-state index is 0.0449. The van der Waals surface area contributed by atoms with E-state index in [4.69, 9.17) is 5.26 Å². The van der Waals surface area contributed by atoms with Gasteiger partial charge in [0.15, 0.2) is 5.78 Å². The van der Waals surface area contributed by atoms with E-state index in [9.17, 15) is 9.18 Å². The van der Waals surface area contributed by atoms with Crippen LogP contribution in [0, 0.1) is 17.1 Å². The summed E-state index contributed by atoms with van der Waals surface area (Å²) in [5.74, 6) is -0.890. The van der Waals surface area contributed by atoms with Crippen LogP contribution in [0.25, 0.3) is 0 Å². The molecule has 1 rings (SSSR count). The van der Waals surface area contributed by atoms with E-state index in [0.717, 1.165) is 0 Å². The molecule has 0 saturated carbocycles. The lowest BCUT2D eigenvalue weighted by molar-refractivity contribution is 0.0980. The Morgan fingerprint density at radius 3 is 2.86 bits per heavy atom. The zero-order valence-corrected chi connectivity index (χ0v) is 8.84. The molecular formula is C10H7BrFNO. The SMILES string of the molecule is N#CCCC(=O)c1ccc(Br)cc1F. The van der Waals surface area contributed by atoms with E-state index in [0.29, 0.717) is 4.47 Å². The molecule has 1 aromatic rings. The molecule has 0 fully saturated rings. The minimum atomic E-state index is -0.553. The number of benzene rings is 1. The van der Waals surface area contributed by atoms with Crippen molar-refractivity contribution in [2.45, 2.75) is 12.8 Å². The number of rotatable bonds is 3. The number of carbonyl (C=O) groups excluding carboxylic acids is 1. The van der Waals surface area contributed by atoms with Gasteiger partial charge in [-0.3, -0.25) is 4.79 Å². The predicted octanol–water partition coefficient (Wildman–Crippen LogP) is 3.07. The van der Waals surface area contributed by atoms with Gasteiger partial charge in [-0.15, -0.1) is 0 Å². The number of hydrogen-bond acceptors (Lipinski definition) is 2. The summed E-state index contributed by atoms with van der Waals surface area (Å²) in [6.45, 7) is 0. The molecule has 0 radical (unpaired) electrons. The fourth-order valence-electron chi connectivity index (χ4n) is 1.02. The van der Waals surface area contributed by atoms with Crippen LogP contribution in [0.15, 0.2) is 22.7 Å². The molecule has 0 heterocycles. The van der Waals surface area contributed by atoms with Gasteiger partial charge in [-0.2, -0.15) is 5.26 Å². The average molecular weight is 256 g/mol. The summed E-state index contributed by atoms with van der Waals surface area (Å²) in [5, 5.41) is 8.27. The molecule has 0 aliphatic rings. The third-order valence-electron chi connectivity index (χ3n) is 1.70. The van der Waals surface area contributed by atoms with Crippen LogP contribution in [-0.4, -0.2) is 5.78 Å². The number of nitriles is 1. The zero-order chi connectivity index (χ0) is 10.6. The van der Waals surface area contributed by atoms with E-state index < -0.39 is 5.82 Å². The van der Waals surface area contributed by atoms with Gasteiger partial charge in [0.25, 0.3) is 0 Å². The molecule has 0 aliphatic heterocycles. The van der Waals surface area contributed by atoms with Gasteiger partial charge in [0.05, 0.1) is 11.6 Å². The molecule has 0 unspecified atom stereocenters. The molecule has 4 heteroatoms. The first kappa shape index (κ1) is 10.9. The second kappa shape index (κ2) is 4.87. The van der Waals surface area contributed by atoms with Gasteiger partial charge in [0.1, 0.15) is 5.82 Å². The summed E-state index contributed by atoms with van der Waals surface area (Å²) < 4.78 is 13.8. The van der Waals surface area contributed by atoms with Crippen molar-refractivity contribution in [3.63, 3.8) is 0 Å². The van der Waals surface area contributed by atoms with Crippen molar-refractivity contribution in [3.05, 3.63) is 34.1 Å². The molecule has 72 valence electrons. The molecule has 0 spiro atoms. The van der Waals surface area contributed by atoms with E-state index in [2.05, 4.69) is 15.9 Å². The lowest BCUT2D eigenvalue weighted by Crippen LogP contribution is -2.01. The molecule has 1 aromatic carbocycles. The molecule has 0 atom stereocenters. The highest BCUT2D eigenvalue weighted by Gasteiger charge is 2.10. The maximum Gasteiger partial charge on any atom is 0.166 e. The quantitative estimate of drug-likeness (QED) is 0.779. The van der Waals surface area contributed by atoms with E-state index in [1.807, 2.05) is 6.07 Å². The lowest BCUT2D eigenvalue weighted by Gasteiger charge is -2.00. The van der Waals surface area contributed by atoms with Crippen molar-refractivity contribution in [2.24, 2.45) is 0 Å². The van der Waals surface area contributed by atoms with Crippen molar-refractivity contribution >= 4 is 21.7 Å². The van der Waals surface area contributed by atoms with E-state index >= 15 is 0 Å². The van der Waals surface area contributed by atoms with Crippen molar-refractivity contribution in [1.82, 2.24) is 0 Å². The molecule has 0 saturated heterocycles. The van der Waals surface area contributed by atoms with Crippen LogP contribution in [0.1, 0.15) is 23.2 Å². The number of Topliss-reactive ketones (excluding diaryl/α,β-unsaturated/α-hetero) is 1. The summed E-state index contributed by atoms with van der Waals surface area (Å²) in [6, 6.07) is 6.10. The smallest absolute Gasteiger partial charge is 0.166 e. The predicted molar refractivity (Wildman–Crippen MR) is 53.3 cm³/mol. The summed E-state index contributed by atoms with van der Waals surface area (Å²) >= 11 is 3.09. The van der Waals surface area contributed by atoms with Crippen LogP contribution in [0.5, 0.6) is 0 Å². The second-order valence-corrected chi connectivity index (χ2v) is 3.62. The number of halogens is 2. The maximum atomic E-state index is 13.2. The molecule has 0 bridgehead atoms. The molecular weight excluding hydrogens is 249 g/mol. The van der Waals surface area contributed by atoms with E-state index in [1.54, 1.807) is 6.07 Å². The van der Waals surface area contributed by atoms with Crippen molar-refractivity contribution in [2.75, 3.05) is 0 Å². The number of hydrogen-bond donors (Lipinski definition) is 0. The topological polar surface area (TPSA) is 40.9 Å². The third kappa shape index (κ3) is 2.64. The standard InChI is InChI=1S/C10H7BrFNO/c11-7-3-4-8(9(12)6-7)10(14)2-1-5-13/h3-4,6H,1-2H2. The number of carbonyl (C=O) groups is 1. The summed E-state index contributed by atoms with van der Waals surface area (Å²) in [7, 11) is 0. The van der Waals surface area contributed by atoms with Crippen LogP contribution in [0.2, 0.25) is 0 Å². The molecule has 0 N–H and O–H groups in total. The average Bonchev–Trinajstić information content (AvgIpc) is 2.14. The lowest BCUT2D eigenvalue weighted by atomic mass is 10.1. The Bertz CT molecular complexity index is 398. The fraction of sp³-hybridized carbons (Fsp3) is 0.200. The molecule has 0 amide bonds. The Labute approximate surface area is 89.5 Å². The van der Waals surface area contributed by atoms with Gasteiger partial charge >= 0.3 is 0 Å². The second-order valence-electron chi connectivity index (χ2n) is 2.71. The Morgan fingerprint density at radius 2 is 2.29 bits per heavy atom. The Balaban J connectivity index is 2.86. The summed E-state index contributed by atoms with van der Waals surface area (Å²) in [4.78, 5) is 11.3. The largest absolute Gasteiger partial charge is 0.294 e. The highest BCUT2D eigenvalue weighted by atomic mass is 79.9. The fourth-order valence-corrected chi connectivity index (χ4v) is 1.35. The third-order valence-corrected chi connectivity index (χ3v) is 2.19. The molecule has 14 heavy (non-hydrogen) atoms. The normalized spacial score (nSPS) is 9.50. The van der Waals surface area contributed by atoms with Gasteiger partial charge in [0.2, 0.25) is 0 Å². The molecule has 0 aliphatic carbocycles. The summed E-state index contributed by atoms with van der Waals surface area (Å²) in [5.41, 5.74) is 0.0449. The van der Waals surface area contributed by atoms with Gasteiger partial charge in [-0.1, -0.05) is 15.9 Å². The Kier molecular flexibility index (Phi) is 3.78. The van der Waals surface area contributed by atoms with Gasteiger partial charge in [-0.25, -0.2) is 4.39 Å². The van der Waals surface area contributed by atoms with Crippen LogP contribution in [0.4, 0.5) is 4.39 Å². The highest BCUT2D eigenvalue weighted by molar-refractivity contribution is 9.10. The minimum Gasteiger partial charge on any atom is -0.294 e. The highest BCUT2D eigenvalue weighted by Crippen LogP contribution is 2.16. The maximum absolute atomic E-state index is 13.2. The van der Waals surface area contributed by atoms with Crippen LogP contribution in [-0.2, 0) is 0 Å². The monoisotopic (exact) mass is 255 g/mol. The van der Waals surface area contributed by atoms with Crippen LogP contribution < -0.4 is 0 Å². The summed E-state index contributed by atoms with van der Waals surface area (Å²) in [6.07, 6.45) is 0.184. The number of nitrogens with zero attached hydrogens (tertiary/aromatic N) is 1. The first-order chi connectivity index (χ1) is 6.65. The Morgan fingerprint density at radius 1 is 1.57 bits per heavy atom. The van der Waals surface area contributed by atoms with Gasteiger partial charge in [-0.05, 0) is 18.2 Å². The Hall–Kier alpha value is -1.21. The van der Waals surface area contributed by atoms with Crippen molar-refractivity contribution in [1.29, 1.82) is 5.26 Å². The molecule has 0 aromatic heterocycles. The van der Waals surface area contributed by atoms with Crippen molar-refractivity contribution < 1.29 is 9.18 Å². The first-order valence-electron chi connectivity index (χ1n) is 4.00. The zero-order valence-electron chi connectivity index (χ0n) is 7.26. The first-order valence-corrected chi connectivity index (χ1v) is 4.79. The van der Waals surface area contributed by atoms with Gasteiger partial charge in [0, 0.05) is 17.3 Å². The van der Waals surface area contributed by atoms with Gasteiger partial charge < -0.3 is 0 Å². The van der Waals surface area contributed by atoms with E-state index in [-0.39, 0.29) is 24.2 Å². The van der Waals surface area contributed by atoms with Crippen LogP contribution in [0.3, 0.4) is 0 Å².